The lowest BCUT2D eigenvalue weighted by atomic mass is 9.92. The average Bonchev–Trinajstić information content (AvgIpc) is 3.25. The zero-order valence-electron chi connectivity index (χ0n) is 13.2. The smallest absolute Gasteiger partial charge is 0.328 e. The van der Waals surface area contributed by atoms with Gasteiger partial charge in [0, 0.05) is 5.69 Å². The molecule has 1 aromatic rings. The number of aryl methyl sites for hydroxylation is 1. The molecular formula is C15H24BrN3O2. The van der Waals surface area contributed by atoms with Gasteiger partial charge in [0.05, 0.1) is 23.3 Å². The quantitative estimate of drug-likeness (QED) is 0.762. The Kier molecular flexibility index (Phi) is 5.09. The van der Waals surface area contributed by atoms with E-state index in [4.69, 9.17) is 4.74 Å². The van der Waals surface area contributed by atoms with Gasteiger partial charge in [-0.1, -0.05) is 6.92 Å². The van der Waals surface area contributed by atoms with Gasteiger partial charge in [-0.2, -0.15) is 5.10 Å². The van der Waals surface area contributed by atoms with Gasteiger partial charge in [-0.25, -0.2) is 4.79 Å². The molecule has 118 valence electrons. The van der Waals surface area contributed by atoms with Crippen molar-refractivity contribution < 1.29 is 9.53 Å². The molecule has 1 heterocycles. The van der Waals surface area contributed by atoms with Gasteiger partial charge in [0.1, 0.15) is 5.54 Å². The molecule has 0 saturated heterocycles. The summed E-state index contributed by atoms with van der Waals surface area (Å²) >= 11 is 3.55. The number of esters is 1. The topological polar surface area (TPSA) is 56.2 Å². The molecule has 6 heteroatoms. The average molecular weight is 358 g/mol. The molecule has 1 N–H and O–H groups in total. The van der Waals surface area contributed by atoms with Crippen molar-refractivity contribution in [3.63, 3.8) is 0 Å². The lowest BCUT2D eigenvalue weighted by Crippen LogP contribution is -2.58. The maximum Gasteiger partial charge on any atom is 0.328 e. The van der Waals surface area contributed by atoms with Crippen LogP contribution in [0.1, 0.15) is 38.1 Å². The number of carbonyl (C=O) groups is 1. The second kappa shape index (κ2) is 6.48. The Labute approximate surface area is 134 Å². The minimum Gasteiger partial charge on any atom is -0.465 e. The van der Waals surface area contributed by atoms with E-state index in [2.05, 4.69) is 26.3 Å². The van der Waals surface area contributed by atoms with Crippen LogP contribution in [-0.2, 0) is 16.1 Å². The molecule has 0 aromatic carbocycles. The number of likely N-dealkylation sites (N-methyl/N-ethyl adjacent to an activating group) is 1. The fourth-order valence-electron chi connectivity index (χ4n) is 2.85. The van der Waals surface area contributed by atoms with Gasteiger partial charge >= 0.3 is 5.97 Å². The van der Waals surface area contributed by atoms with E-state index in [0.29, 0.717) is 19.1 Å². The first-order valence-electron chi connectivity index (χ1n) is 7.58. The van der Waals surface area contributed by atoms with Gasteiger partial charge < -0.3 is 10.1 Å². The van der Waals surface area contributed by atoms with Crippen LogP contribution in [0.5, 0.6) is 0 Å². The molecule has 1 aliphatic rings. The fraction of sp³-hybridized carbons (Fsp3) is 0.733. The standard InChI is InChI=1S/C15H24BrN3O2/c1-5-17-15(12-7-8-12,14(20)21-6-2)9-19-11(4)13(16)10(3)18-19/h12,17H,5-9H2,1-4H3. The van der Waals surface area contributed by atoms with Crippen LogP contribution in [0.4, 0.5) is 0 Å². The number of nitrogens with zero attached hydrogens (tertiary/aromatic N) is 2. The van der Waals surface area contributed by atoms with Crippen molar-refractivity contribution in [2.75, 3.05) is 13.2 Å². The second-order valence-electron chi connectivity index (χ2n) is 5.64. The second-order valence-corrected chi connectivity index (χ2v) is 6.43. The molecule has 0 amide bonds. The summed E-state index contributed by atoms with van der Waals surface area (Å²) < 4.78 is 8.28. The number of rotatable bonds is 7. The predicted octanol–water partition coefficient (Wildman–Crippen LogP) is 2.58. The largest absolute Gasteiger partial charge is 0.465 e. The molecule has 0 spiro atoms. The Bertz CT molecular complexity index is 525. The van der Waals surface area contributed by atoms with E-state index in [1.165, 1.54) is 0 Å². The number of halogens is 1. The predicted molar refractivity (Wildman–Crippen MR) is 85.2 cm³/mol. The maximum absolute atomic E-state index is 12.6. The highest BCUT2D eigenvalue weighted by Crippen LogP contribution is 2.42. The van der Waals surface area contributed by atoms with Crippen LogP contribution < -0.4 is 5.32 Å². The van der Waals surface area contributed by atoms with Gasteiger partial charge in [0.15, 0.2) is 0 Å². The van der Waals surface area contributed by atoms with Crippen molar-refractivity contribution >= 4 is 21.9 Å². The Balaban J connectivity index is 2.34. The molecular weight excluding hydrogens is 334 g/mol. The molecule has 21 heavy (non-hydrogen) atoms. The summed E-state index contributed by atoms with van der Waals surface area (Å²) in [6.07, 6.45) is 2.12. The summed E-state index contributed by atoms with van der Waals surface area (Å²) in [5.74, 6) is 0.178. The Hall–Kier alpha value is -0.880. The first kappa shape index (κ1) is 16.5. The van der Waals surface area contributed by atoms with Crippen molar-refractivity contribution in [3.8, 4) is 0 Å². The first-order chi connectivity index (χ1) is 9.96. The molecule has 0 aliphatic heterocycles. The van der Waals surface area contributed by atoms with Crippen molar-refractivity contribution in [1.29, 1.82) is 0 Å². The summed E-state index contributed by atoms with van der Waals surface area (Å²) in [7, 11) is 0. The van der Waals surface area contributed by atoms with E-state index in [1.54, 1.807) is 0 Å². The third-order valence-corrected chi connectivity index (χ3v) is 5.25. The number of carbonyl (C=O) groups excluding carboxylic acids is 1. The summed E-state index contributed by atoms with van der Waals surface area (Å²) in [6.45, 7) is 9.50. The Morgan fingerprint density at radius 2 is 2.14 bits per heavy atom. The van der Waals surface area contributed by atoms with Crippen LogP contribution in [0.2, 0.25) is 0 Å². The molecule has 1 unspecified atom stereocenters. The molecule has 0 bridgehead atoms. The van der Waals surface area contributed by atoms with Gasteiger partial charge in [-0.3, -0.25) is 4.68 Å². The highest BCUT2D eigenvalue weighted by molar-refractivity contribution is 9.10. The summed E-state index contributed by atoms with van der Waals surface area (Å²) in [4.78, 5) is 12.6. The van der Waals surface area contributed by atoms with Crippen molar-refractivity contribution in [1.82, 2.24) is 15.1 Å². The lowest BCUT2D eigenvalue weighted by Gasteiger charge is -2.32. The molecule has 1 atom stereocenters. The van der Waals surface area contributed by atoms with E-state index >= 15 is 0 Å². The molecule has 5 nitrogen and oxygen atoms in total. The van der Waals surface area contributed by atoms with Crippen LogP contribution in [0, 0.1) is 19.8 Å². The van der Waals surface area contributed by atoms with Crippen molar-refractivity contribution in [2.45, 2.75) is 52.6 Å². The molecule has 1 aromatic heterocycles. The Morgan fingerprint density at radius 1 is 1.48 bits per heavy atom. The SMILES string of the molecule is CCNC(Cn1nc(C)c(Br)c1C)(C(=O)OCC)C1CC1. The van der Waals surface area contributed by atoms with E-state index < -0.39 is 5.54 Å². The lowest BCUT2D eigenvalue weighted by molar-refractivity contribution is -0.153. The van der Waals surface area contributed by atoms with E-state index in [-0.39, 0.29) is 5.97 Å². The van der Waals surface area contributed by atoms with Gasteiger partial charge in [0.25, 0.3) is 0 Å². The summed E-state index contributed by atoms with van der Waals surface area (Å²) in [6, 6.07) is 0. The minimum atomic E-state index is -0.659. The maximum atomic E-state index is 12.6. The van der Waals surface area contributed by atoms with Crippen LogP contribution >= 0.6 is 15.9 Å². The fourth-order valence-corrected chi connectivity index (χ4v) is 3.13. The van der Waals surface area contributed by atoms with Gasteiger partial charge in [0.2, 0.25) is 0 Å². The van der Waals surface area contributed by atoms with E-state index in [9.17, 15) is 4.79 Å². The number of nitrogens with one attached hydrogen (secondary N) is 1. The van der Waals surface area contributed by atoms with Crippen LogP contribution in [0.15, 0.2) is 4.47 Å². The molecule has 2 rings (SSSR count). The van der Waals surface area contributed by atoms with E-state index in [1.807, 2.05) is 32.4 Å². The normalized spacial score (nSPS) is 17.6. The van der Waals surface area contributed by atoms with Crippen molar-refractivity contribution in [2.24, 2.45) is 5.92 Å². The third kappa shape index (κ3) is 3.16. The summed E-state index contributed by atoms with van der Waals surface area (Å²) in [5, 5.41) is 7.95. The third-order valence-electron chi connectivity index (χ3n) is 4.10. The number of ether oxygens (including phenoxy) is 1. The zero-order chi connectivity index (χ0) is 15.6. The zero-order valence-corrected chi connectivity index (χ0v) is 14.8. The molecule has 1 saturated carbocycles. The minimum absolute atomic E-state index is 0.155. The monoisotopic (exact) mass is 357 g/mol. The van der Waals surface area contributed by atoms with Gasteiger partial charge in [-0.05, 0) is 62.0 Å². The van der Waals surface area contributed by atoms with Crippen LogP contribution in [0.3, 0.4) is 0 Å². The van der Waals surface area contributed by atoms with Gasteiger partial charge in [-0.15, -0.1) is 0 Å². The Morgan fingerprint density at radius 3 is 2.57 bits per heavy atom. The van der Waals surface area contributed by atoms with Crippen LogP contribution in [-0.4, -0.2) is 34.4 Å². The highest BCUT2D eigenvalue weighted by atomic mass is 79.9. The first-order valence-corrected chi connectivity index (χ1v) is 8.37. The number of hydrogen-bond acceptors (Lipinski definition) is 4. The van der Waals surface area contributed by atoms with E-state index in [0.717, 1.165) is 35.2 Å². The number of hydrogen-bond donors (Lipinski definition) is 1. The molecule has 1 aliphatic carbocycles. The molecule has 1 fully saturated rings. The highest BCUT2D eigenvalue weighted by Gasteiger charge is 2.52. The summed E-state index contributed by atoms with van der Waals surface area (Å²) in [5.41, 5.74) is 1.32. The molecule has 0 radical (unpaired) electrons. The number of aromatic nitrogens is 2. The van der Waals surface area contributed by atoms with Crippen LogP contribution in [0.25, 0.3) is 0 Å². The van der Waals surface area contributed by atoms with Crippen molar-refractivity contribution in [3.05, 3.63) is 15.9 Å².